The maximum Gasteiger partial charge on any atom is 0.174 e. The highest BCUT2D eigenvalue weighted by atomic mass is 16.5. The predicted octanol–water partition coefficient (Wildman–Crippen LogP) is 4.31. The molecule has 0 saturated heterocycles. The van der Waals surface area contributed by atoms with E-state index < -0.39 is 6.10 Å². The van der Waals surface area contributed by atoms with Crippen LogP contribution in [0.5, 0.6) is 17.2 Å². The first-order chi connectivity index (χ1) is 11.5. The fourth-order valence-corrected chi connectivity index (χ4v) is 2.86. The summed E-state index contributed by atoms with van der Waals surface area (Å²) >= 11 is 0. The van der Waals surface area contributed by atoms with Gasteiger partial charge in [-0.2, -0.15) is 0 Å². The molecule has 0 saturated carbocycles. The molecule has 2 aromatic rings. The molecule has 0 radical (unpaired) electrons. The van der Waals surface area contributed by atoms with E-state index in [1.807, 2.05) is 19.9 Å². The zero-order valence-corrected chi connectivity index (χ0v) is 13.7. The van der Waals surface area contributed by atoms with Gasteiger partial charge in [-0.1, -0.05) is 35.9 Å². The molecule has 0 spiro atoms. The van der Waals surface area contributed by atoms with E-state index >= 15 is 0 Å². The standard InChI is InChI=1S/C20H20O4/c1-12(2)7-8-13-9-10-17-19(20(13)23)16(22)11-18(24-17)14-5-3-4-6-15(14)21/h3-7,9-10,18,21,23H,8,11H2,1-2H3. The Morgan fingerprint density at radius 3 is 2.67 bits per heavy atom. The summed E-state index contributed by atoms with van der Waals surface area (Å²) in [5.41, 5.74) is 2.66. The second-order valence-corrected chi connectivity index (χ2v) is 6.22. The maximum absolute atomic E-state index is 12.6. The van der Waals surface area contributed by atoms with Gasteiger partial charge >= 0.3 is 0 Å². The molecule has 1 aliphatic heterocycles. The number of rotatable bonds is 3. The van der Waals surface area contributed by atoms with Crippen molar-refractivity contribution in [2.24, 2.45) is 0 Å². The van der Waals surface area contributed by atoms with Crippen LogP contribution in [0.4, 0.5) is 0 Å². The molecular weight excluding hydrogens is 304 g/mol. The fourth-order valence-electron chi connectivity index (χ4n) is 2.86. The Kier molecular flexibility index (Phi) is 4.30. The summed E-state index contributed by atoms with van der Waals surface area (Å²) in [7, 11) is 0. The van der Waals surface area contributed by atoms with Crippen molar-refractivity contribution in [1.29, 1.82) is 0 Å². The summed E-state index contributed by atoms with van der Waals surface area (Å²) in [6, 6.07) is 10.3. The van der Waals surface area contributed by atoms with Crippen LogP contribution < -0.4 is 4.74 Å². The molecular formula is C20H20O4. The summed E-state index contributed by atoms with van der Waals surface area (Å²) in [6.45, 7) is 3.97. The summed E-state index contributed by atoms with van der Waals surface area (Å²) in [5.74, 6) is 0.271. The molecule has 4 nitrogen and oxygen atoms in total. The first-order valence-corrected chi connectivity index (χ1v) is 7.93. The highest BCUT2D eigenvalue weighted by molar-refractivity contribution is 6.02. The second kappa shape index (κ2) is 6.40. The SMILES string of the molecule is CC(C)=CCc1ccc2c(c1O)C(=O)CC(c1ccccc1O)O2. The average molecular weight is 324 g/mol. The normalized spacial score (nSPS) is 16.2. The van der Waals surface area contributed by atoms with E-state index in [2.05, 4.69) is 0 Å². The molecule has 0 amide bonds. The number of ether oxygens (including phenoxy) is 1. The monoisotopic (exact) mass is 324 g/mol. The fraction of sp³-hybridized carbons (Fsp3) is 0.250. The van der Waals surface area contributed by atoms with Gasteiger partial charge in [0, 0.05) is 5.56 Å². The van der Waals surface area contributed by atoms with Crippen LogP contribution in [0.3, 0.4) is 0 Å². The van der Waals surface area contributed by atoms with Crippen molar-refractivity contribution in [3.8, 4) is 17.2 Å². The number of ketones is 1. The van der Waals surface area contributed by atoms with E-state index in [4.69, 9.17) is 4.74 Å². The van der Waals surface area contributed by atoms with Crippen LogP contribution in [0.1, 0.15) is 47.9 Å². The van der Waals surface area contributed by atoms with E-state index in [9.17, 15) is 15.0 Å². The third kappa shape index (κ3) is 3.00. The quantitative estimate of drug-likeness (QED) is 0.826. The maximum atomic E-state index is 12.6. The number of phenols is 2. The minimum Gasteiger partial charge on any atom is -0.508 e. The first kappa shape index (κ1) is 16.1. The van der Waals surface area contributed by atoms with Gasteiger partial charge in [0.2, 0.25) is 0 Å². The summed E-state index contributed by atoms with van der Waals surface area (Å²) in [4.78, 5) is 12.6. The van der Waals surface area contributed by atoms with Gasteiger partial charge in [0.05, 0.1) is 6.42 Å². The van der Waals surface area contributed by atoms with Gasteiger partial charge in [-0.3, -0.25) is 4.79 Å². The summed E-state index contributed by atoms with van der Waals surface area (Å²) in [6.07, 6.45) is 2.11. The third-order valence-electron chi connectivity index (χ3n) is 4.16. The lowest BCUT2D eigenvalue weighted by Gasteiger charge is -2.27. The molecule has 1 heterocycles. The van der Waals surface area contributed by atoms with Crippen molar-refractivity contribution >= 4 is 5.78 Å². The number of phenolic OH excluding ortho intramolecular Hbond substituents is 2. The molecule has 24 heavy (non-hydrogen) atoms. The molecule has 0 aliphatic carbocycles. The van der Waals surface area contributed by atoms with Gasteiger partial charge in [-0.25, -0.2) is 0 Å². The zero-order valence-electron chi connectivity index (χ0n) is 13.7. The Morgan fingerprint density at radius 2 is 1.96 bits per heavy atom. The minimum absolute atomic E-state index is 0.00858. The van der Waals surface area contributed by atoms with E-state index in [1.54, 1.807) is 36.4 Å². The van der Waals surface area contributed by atoms with Crippen molar-refractivity contribution < 1.29 is 19.7 Å². The molecule has 0 aromatic heterocycles. The van der Waals surface area contributed by atoms with Crippen molar-refractivity contribution in [2.75, 3.05) is 0 Å². The zero-order chi connectivity index (χ0) is 17.3. The molecule has 0 bridgehead atoms. The summed E-state index contributed by atoms with van der Waals surface area (Å²) < 4.78 is 5.87. The Balaban J connectivity index is 1.95. The van der Waals surface area contributed by atoms with Crippen LogP contribution >= 0.6 is 0 Å². The lowest BCUT2D eigenvalue weighted by molar-refractivity contribution is 0.0842. The number of aromatic hydroxyl groups is 2. The Bertz CT molecular complexity index is 816. The van der Waals surface area contributed by atoms with Gasteiger partial charge in [0.25, 0.3) is 0 Å². The minimum atomic E-state index is -0.547. The van der Waals surface area contributed by atoms with Crippen molar-refractivity contribution in [3.05, 3.63) is 64.7 Å². The van der Waals surface area contributed by atoms with Crippen LogP contribution in [0.25, 0.3) is 0 Å². The van der Waals surface area contributed by atoms with E-state index in [-0.39, 0.29) is 29.3 Å². The van der Waals surface area contributed by atoms with Crippen LogP contribution in [0.15, 0.2) is 48.0 Å². The van der Waals surface area contributed by atoms with Gasteiger partial charge < -0.3 is 14.9 Å². The summed E-state index contributed by atoms with van der Waals surface area (Å²) in [5, 5.41) is 20.4. The topological polar surface area (TPSA) is 66.8 Å². The van der Waals surface area contributed by atoms with Crippen molar-refractivity contribution in [3.63, 3.8) is 0 Å². The van der Waals surface area contributed by atoms with Crippen molar-refractivity contribution in [2.45, 2.75) is 32.8 Å². The predicted molar refractivity (Wildman–Crippen MR) is 91.7 cm³/mol. The number of fused-ring (bicyclic) bond motifs is 1. The number of para-hydroxylation sites is 1. The molecule has 0 fully saturated rings. The molecule has 1 atom stereocenters. The highest BCUT2D eigenvalue weighted by Gasteiger charge is 2.32. The average Bonchev–Trinajstić information content (AvgIpc) is 2.54. The molecule has 124 valence electrons. The van der Waals surface area contributed by atoms with E-state index in [0.29, 0.717) is 23.3 Å². The van der Waals surface area contributed by atoms with Crippen LogP contribution in [0.2, 0.25) is 0 Å². The number of allylic oxidation sites excluding steroid dienone is 2. The molecule has 2 aromatic carbocycles. The largest absolute Gasteiger partial charge is 0.508 e. The molecule has 1 unspecified atom stereocenters. The second-order valence-electron chi connectivity index (χ2n) is 6.22. The van der Waals surface area contributed by atoms with E-state index in [0.717, 1.165) is 5.57 Å². The smallest absolute Gasteiger partial charge is 0.174 e. The Morgan fingerprint density at radius 1 is 1.21 bits per heavy atom. The molecule has 4 heteroatoms. The highest BCUT2D eigenvalue weighted by Crippen LogP contribution is 2.42. The lowest BCUT2D eigenvalue weighted by Crippen LogP contribution is -2.21. The first-order valence-electron chi connectivity index (χ1n) is 7.93. The van der Waals surface area contributed by atoms with E-state index in [1.165, 1.54) is 0 Å². The Labute approximate surface area is 141 Å². The number of hydrogen-bond donors (Lipinski definition) is 2. The van der Waals surface area contributed by atoms with Gasteiger partial charge in [0.1, 0.15) is 28.9 Å². The van der Waals surface area contributed by atoms with Crippen LogP contribution in [-0.2, 0) is 6.42 Å². The lowest BCUT2D eigenvalue weighted by atomic mass is 9.93. The molecule has 2 N–H and O–H groups in total. The number of carbonyl (C=O) groups is 1. The number of carbonyl (C=O) groups excluding carboxylic acids is 1. The van der Waals surface area contributed by atoms with Gasteiger partial charge in [-0.15, -0.1) is 0 Å². The van der Waals surface area contributed by atoms with Crippen molar-refractivity contribution in [1.82, 2.24) is 0 Å². The van der Waals surface area contributed by atoms with Gasteiger partial charge in [-0.05, 0) is 38.0 Å². The molecule has 3 rings (SSSR count). The van der Waals surface area contributed by atoms with Crippen LogP contribution in [-0.4, -0.2) is 16.0 Å². The third-order valence-corrected chi connectivity index (χ3v) is 4.16. The number of Topliss-reactive ketones (excluding diaryl/α,β-unsaturated/α-hetero) is 1. The van der Waals surface area contributed by atoms with Gasteiger partial charge in [0.15, 0.2) is 5.78 Å². The number of benzene rings is 2. The van der Waals surface area contributed by atoms with Crippen LogP contribution in [0, 0.1) is 0 Å². The Hall–Kier alpha value is -2.75. The number of hydrogen-bond acceptors (Lipinski definition) is 4. The molecule has 1 aliphatic rings.